The minimum Gasteiger partial charge on any atom is -0.504 e. The number of nitrogens with one attached hydrogen (secondary N) is 2. The van der Waals surface area contributed by atoms with Crippen molar-refractivity contribution in [1.29, 1.82) is 0 Å². The zero-order valence-electron chi connectivity index (χ0n) is 16.3. The van der Waals surface area contributed by atoms with Crippen molar-refractivity contribution in [2.24, 2.45) is 5.10 Å². The van der Waals surface area contributed by atoms with Crippen molar-refractivity contribution in [3.63, 3.8) is 0 Å². The molecule has 0 bridgehead atoms. The Hall–Kier alpha value is -4.14. The van der Waals surface area contributed by atoms with Gasteiger partial charge < -0.3 is 15.2 Å². The molecular weight excluding hydrogens is 388 g/mol. The summed E-state index contributed by atoms with van der Waals surface area (Å²) in [5, 5.41) is 30.1. The smallest absolute Gasteiger partial charge is 0.274 e. The average molecular weight is 408 g/mol. The lowest BCUT2D eigenvalue weighted by Crippen LogP contribution is -2.34. The molecule has 3 rings (SSSR count). The van der Waals surface area contributed by atoms with Crippen LogP contribution in [-0.2, 0) is 4.79 Å². The van der Waals surface area contributed by atoms with Crippen LogP contribution in [0.5, 0.6) is 11.5 Å². The zero-order chi connectivity index (χ0) is 21.7. The number of nitro benzene ring substituents is 1. The molecule has 1 amide bonds. The van der Waals surface area contributed by atoms with Crippen LogP contribution in [0.25, 0.3) is 10.8 Å². The maximum atomic E-state index is 12.4. The van der Waals surface area contributed by atoms with E-state index < -0.39 is 16.9 Å². The van der Waals surface area contributed by atoms with Crippen LogP contribution in [0.3, 0.4) is 0 Å². The van der Waals surface area contributed by atoms with Crippen LogP contribution in [0, 0.1) is 10.1 Å². The fourth-order valence-electron chi connectivity index (χ4n) is 2.89. The van der Waals surface area contributed by atoms with E-state index in [0.717, 1.165) is 34.8 Å². The number of carbonyl (C=O) groups is 1. The number of phenols is 1. The van der Waals surface area contributed by atoms with Gasteiger partial charge in [-0.2, -0.15) is 5.10 Å². The van der Waals surface area contributed by atoms with Crippen molar-refractivity contribution in [3.8, 4) is 11.5 Å². The highest BCUT2D eigenvalue weighted by molar-refractivity contribution is 5.96. The van der Waals surface area contributed by atoms with Crippen LogP contribution in [0.1, 0.15) is 12.5 Å². The van der Waals surface area contributed by atoms with Gasteiger partial charge in [-0.1, -0.05) is 36.4 Å². The van der Waals surface area contributed by atoms with E-state index in [0.29, 0.717) is 0 Å². The lowest BCUT2D eigenvalue weighted by molar-refractivity contribution is -0.385. The Kier molecular flexibility index (Phi) is 6.11. The number of fused-ring (bicyclic) bond motifs is 1. The molecule has 0 radical (unpaired) electrons. The Morgan fingerprint density at radius 3 is 2.70 bits per heavy atom. The molecule has 0 aliphatic rings. The van der Waals surface area contributed by atoms with Crippen molar-refractivity contribution < 1.29 is 19.6 Å². The lowest BCUT2D eigenvalue weighted by atomic mass is 10.1. The molecule has 30 heavy (non-hydrogen) atoms. The summed E-state index contributed by atoms with van der Waals surface area (Å²) in [5.41, 5.74) is 2.93. The number of amides is 1. The summed E-state index contributed by atoms with van der Waals surface area (Å²) in [4.78, 5) is 22.8. The fraction of sp³-hybridized carbons (Fsp3) is 0.143. The van der Waals surface area contributed by atoms with Crippen molar-refractivity contribution >= 4 is 34.3 Å². The molecule has 0 unspecified atom stereocenters. The van der Waals surface area contributed by atoms with E-state index in [1.54, 1.807) is 6.92 Å². The molecular formula is C21H20N4O5. The predicted molar refractivity (Wildman–Crippen MR) is 114 cm³/mol. The number of aromatic hydroxyl groups is 1. The van der Waals surface area contributed by atoms with E-state index in [4.69, 9.17) is 4.74 Å². The number of carbonyl (C=O) groups excluding carboxylic acids is 1. The molecule has 1 atom stereocenters. The van der Waals surface area contributed by atoms with E-state index >= 15 is 0 Å². The van der Waals surface area contributed by atoms with Crippen molar-refractivity contribution in [3.05, 3.63) is 70.3 Å². The molecule has 3 aromatic carbocycles. The molecule has 154 valence electrons. The van der Waals surface area contributed by atoms with Crippen LogP contribution >= 0.6 is 0 Å². The standard InChI is InChI=1S/C21H20N4O5/c1-13(23-18-9-5-7-14-6-3-4-8-17(14)18)21(27)24-22-12-15-10-16(25(28)29)11-19(30-2)20(15)26/h3-13,23,26H,1-2H3,(H,24,27)/b22-12-/t13-/m0/s1. The second-order valence-corrected chi connectivity index (χ2v) is 6.47. The molecule has 9 heteroatoms. The van der Waals surface area contributed by atoms with Crippen molar-refractivity contribution in [1.82, 2.24) is 5.43 Å². The number of benzene rings is 3. The van der Waals surface area contributed by atoms with Gasteiger partial charge in [0.05, 0.1) is 24.3 Å². The highest BCUT2D eigenvalue weighted by Gasteiger charge is 2.16. The third-order valence-electron chi connectivity index (χ3n) is 4.45. The molecule has 0 aliphatic carbocycles. The van der Waals surface area contributed by atoms with Gasteiger partial charge in [0.25, 0.3) is 11.6 Å². The number of hydrogen-bond acceptors (Lipinski definition) is 7. The Morgan fingerprint density at radius 2 is 1.97 bits per heavy atom. The van der Waals surface area contributed by atoms with E-state index in [1.165, 1.54) is 7.11 Å². The van der Waals surface area contributed by atoms with Crippen LogP contribution in [-0.4, -0.2) is 35.3 Å². The number of methoxy groups -OCH3 is 1. The van der Waals surface area contributed by atoms with E-state index in [1.807, 2.05) is 42.5 Å². The second kappa shape index (κ2) is 8.91. The summed E-state index contributed by atoms with van der Waals surface area (Å²) in [6.45, 7) is 1.68. The van der Waals surface area contributed by atoms with Gasteiger partial charge in [0.2, 0.25) is 0 Å². The number of nitro groups is 1. The normalized spacial score (nSPS) is 11.9. The first-order valence-electron chi connectivity index (χ1n) is 9.03. The average Bonchev–Trinajstić information content (AvgIpc) is 2.74. The zero-order valence-corrected chi connectivity index (χ0v) is 16.3. The summed E-state index contributed by atoms with van der Waals surface area (Å²) in [7, 11) is 1.28. The molecule has 0 aromatic heterocycles. The van der Waals surface area contributed by atoms with Gasteiger partial charge in [-0.25, -0.2) is 5.43 Å². The fourth-order valence-corrected chi connectivity index (χ4v) is 2.89. The Morgan fingerprint density at radius 1 is 1.23 bits per heavy atom. The predicted octanol–water partition coefficient (Wildman–Crippen LogP) is 3.41. The number of hydrazone groups is 1. The molecule has 0 saturated heterocycles. The van der Waals surface area contributed by atoms with Gasteiger partial charge in [-0.15, -0.1) is 0 Å². The van der Waals surface area contributed by atoms with Gasteiger partial charge in [0.15, 0.2) is 11.5 Å². The van der Waals surface area contributed by atoms with E-state index in [2.05, 4.69) is 15.8 Å². The number of ether oxygens (including phenoxy) is 1. The third kappa shape index (κ3) is 4.46. The maximum Gasteiger partial charge on any atom is 0.274 e. The van der Waals surface area contributed by atoms with Gasteiger partial charge in [-0.05, 0) is 18.4 Å². The Labute approximate surface area is 172 Å². The number of anilines is 1. The molecule has 0 heterocycles. The Bertz CT molecular complexity index is 1120. The maximum absolute atomic E-state index is 12.4. The van der Waals surface area contributed by atoms with Gasteiger partial charge in [0, 0.05) is 22.7 Å². The first kappa shape index (κ1) is 20.6. The highest BCUT2D eigenvalue weighted by atomic mass is 16.6. The SMILES string of the molecule is COc1cc([N+](=O)[O-])cc(/C=N\NC(=O)[C@H](C)Nc2cccc3ccccc23)c1O. The number of nitrogens with zero attached hydrogens (tertiary/aromatic N) is 2. The van der Waals surface area contributed by atoms with Crippen LogP contribution in [0.2, 0.25) is 0 Å². The topological polar surface area (TPSA) is 126 Å². The summed E-state index contributed by atoms with van der Waals surface area (Å²) in [6, 6.07) is 15.2. The van der Waals surface area contributed by atoms with E-state index in [-0.39, 0.29) is 22.7 Å². The molecule has 3 aromatic rings. The number of phenolic OH excluding ortho intramolecular Hbond substituents is 1. The molecule has 3 N–H and O–H groups in total. The summed E-state index contributed by atoms with van der Waals surface area (Å²) in [6.07, 6.45) is 1.12. The number of rotatable bonds is 7. The molecule has 0 aliphatic heterocycles. The minimum atomic E-state index is -0.617. The van der Waals surface area contributed by atoms with Gasteiger partial charge in [0.1, 0.15) is 6.04 Å². The largest absolute Gasteiger partial charge is 0.504 e. The van der Waals surface area contributed by atoms with Crippen molar-refractivity contribution in [2.45, 2.75) is 13.0 Å². The van der Waals surface area contributed by atoms with Crippen LogP contribution in [0.15, 0.2) is 59.7 Å². The van der Waals surface area contributed by atoms with Crippen LogP contribution in [0.4, 0.5) is 11.4 Å². The van der Waals surface area contributed by atoms with Crippen LogP contribution < -0.4 is 15.5 Å². The first-order valence-corrected chi connectivity index (χ1v) is 9.03. The summed E-state index contributed by atoms with van der Waals surface area (Å²) in [5.74, 6) is -0.804. The number of hydrogen-bond donors (Lipinski definition) is 3. The lowest BCUT2D eigenvalue weighted by Gasteiger charge is -2.15. The number of non-ortho nitro benzene ring substituents is 1. The Balaban J connectivity index is 1.71. The minimum absolute atomic E-state index is 0.0380. The molecule has 0 saturated carbocycles. The van der Waals surface area contributed by atoms with Crippen molar-refractivity contribution in [2.75, 3.05) is 12.4 Å². The van der Waals surface area contributed by atoms with Gasteiger partial charge in [-0.3, -0.25) is 14.9 Å². The monoisotopic (exact) mass is 408 g/mol. The summed E-state index contributed by atoms with van der Waals surface area (Å²) < 4.78 is 4.93. The molecule has 0 fully saturated rings. The molecule has 0 spiro atoms. The first-order chi connectivity index (χ1) is 14.4. The third-order valence-corrected chi connectivity index (χ3v) is 4.45. The highest BCUT2D eigenvalue weighted by Crippen LogP contribution is 2.33. The van der Waals surface area contributed by atoms with Gasteiger partial charge >= 0.3 is 0 Å². The summed E-state index contributed by atoms with van der Waals surface area (Å²) >= 11 is 0. The quantitative estimate of drug-likeness (QED) is 0.312. The second-order valence-electron chi connectivity index (χ2n) is 6.47. The van der Waals surface area contributed by atoms with E-state index in [9.17, 15) is 20.0 Å². The molecule has 9 nitrogen and oxygen atoms in total.